The predicted octanol–water partition coefficient (Wildman–Crippen LogP) is 8.71. The molecule has 0 N–H and O–H groups in total. The molecule has 39 heavy (non-hydrogen) atoms. The molecule has 4 nitrogen and oxygen atoms in total. The molecule has 0 saturated heterocycles. The molecule has 0 radical (unpaired) electrons. The number of nitrogens with zero attached hydrogens (tertiary/aromatic N) is 3. The van der Waals surface area contributed by atoms with Gasteiger partial charge in [0.2, 0.25) is 17.1 Å². The first-order chi connectivity index (χ1) is 19.4. The Labute approximate surface area is 224 Å². The van der Waals surface area contributed by atoms with Crippen molar-refractivity contribution in [3.8, 4) is 11.1 Å². The van der Waals surface area contributed by atoms with Gasteiger partial charge in [-0.15, -0.1) is 0 Å². The SMILES string of the molecule is C1=CC2=[N+](c3cccc(-c4cccnc4)c3)c3cccc4c5c6oc7ccccc7c6ccc5n(c34)C2C=C1. The number of para-hydroxylation sites is 2. The predicted molar refractivity (Wildman–Crippen MR) is 160 cm³/mol. The van der Waals surface area contributed by atoms with Gasteiger partial charge in [-0.25, -0.2) is 0 Å². The monoisotopic (exact) mass is 500 g/mol. The second-order valence-electron chi connectivity index (χ2n) is 10.2. The van der Waals surface area contributed by atoms with Crippen LogP contribution in [0.1, 0.15) is 6.04 Å². The molecular formula is C35H22N3O+. The van der Waals surface area contributed by atoms with Crippen molar-refractivity contribution in [3.05, 3.63) is 128 Å². The number of rotatable bonds is 2. The number of hydrogen-bond donors (Lipinski definition) is 0. The number of pyridine rings is 1. The third-order valence-corrected chi connectivity index (χ3v) is 8.16. The fourth-order valence-corrected chi connectivity index (χ4v) is 6.55. The van der Waals surface area contributed by atoms with Gasteiger partial charge >= 0.3 is 0 Å². The molecule has 4 aromatic carbocycles. The first-order valence-corrected chi connectivity index (χ1v) is 13.3. The van der Waals surface area contributed by atoms with E-state index in [4.69, 9.17) is 4.42 Å². The van der Waals surface area contributed by atoms with Crippen LogP contribution in [0.5, 0.6) is 0 Å². The second-order valence-corrected chi connectivity index (χ2v) is 10.2. The minimum atomic E-state index is 0.0637. The maximum absolute atomic E-state index is 6.53. The summed E-state index contributed by atoms with van der Waals surface area (Å²) in [6.07, 6.45) is 12.6. The van der Waals surface area contributed by atoms with Crippen LogP contribution in [0.3, 0.4) is 0 Å². The molecule has 1 aliphatic heterocycles. The summed E-state index contributed by atoms with van der Waals surface area (Å²) in [5, 5.41) is 4.70. The van der Waals surface area contributed by atoms with Gasteiger partial charge in [0.15, 0.2) is 0 Å². The lowest BCUT2D eigenvalue weighted by atomic mass is 10.0. The van der Waals surface area contributed by atoms with Crippen molar-refractivity contribution in [2.24, 2.45) is 0 Å². The van der Waals surface area contributed by atoms with E-state index in [1.807, 2.05) is 24.5 Å². The van der Waals surface area contributed by atoms with Crippen LogP contribution in [0.15, 0.2) is 132 Å². The van der Waals surface area contributed by atoms with E-state index in [2.05, 4.69) is 117 Å². The van der Waals surface area contributed by atoms with E-state index in [1.165, 1.54) is 33.2 Å². The molecule has 0 fully saturated rings. The van der Waals surface area contributed by atoms with Crippen LogP contribution >= 0.6 is 0 Å². The number of benzene rings is 4. The van der Waals surface area contributed by atoms with E-state index in [0.717, 1.165) is 38.8 Å². The highest BCUT2D eigenvalue weighted by Gasteiger charge is 2.38. The normalized spacial score (nSPS) is 16.2. The Kier molecular flexibility index (Phi) is 4.08. The quantitative estimate of drug-likeness (QED) is 0.223. The van der Waals surface area contributed by atoms with Crippen LogP contribution in [0.2, 0.25) is 0 Å². The van der Waals surface area contributed by atoms with E-state index < -0.39 is 0 Å². The van der Waals surface area contributed by atoms with Crippen molar-refractivity contribution in [2.75, 3.05) is 0 Å². The zero-order chi connectivity index (χ0) is 25.5. The summed E-state index contributed by atoms with van der Waals surface area (Å²) in [5.41, 5.74) is 10.1. The van der Waals surface area contributed by atoms with Gasteiger partial charge in [-0.3, -0.25) is 4.98 Å². The molecule has 1 aliphatic carbocycles. The molecule has 4 heterocycles. The van der Waals surface area contributed by atoms with Crippen molar-refractivity contribution in [1.82, 2.24) is 14.1 Å². The summed E-state index contributed by atoms with van der Waals surface area (Å²) in [6.45, 7) is 0. The third-order valence-electron chi connectivity index (χ3n) is 8.16. The Hall–Kier alpha value is -5.22. The average molecular weight is 501 g/mol. The standard InChI is InChI=1S/C35H22N3O/c1-4-16-32-25(11-1)26-17-18-30-33(35(26)39-32)27-12-6-15-31-34(27)38(30)29-14-3-2-13-28(29)37(31)24-10-5-8-22(20-24)23-9-7-19-36-21-23/h1-21,29H/q+1. The molecule has 0 spiro atoms. The summed E-state index contributed by atoms with van der Waals surface area (Å²) >= 11 is 0. The minimum Gasteiger partial charge on any atom is -0.455 e. The third kappa shape index (κ3) is 2.78. The van der Waals surface area contributed by atoms with Gasteiger partial charge in [0.1, 0.15) is 22.7 Å². The molecule has 0 amide bonds. The van der Waals surface area contributed by atoms with Crippen molar-refractivity contribution in [1.29, 1.82) is 0 Å². The van der Waals surface area contributed by atoms with Crippen molar-refractivity contribution in [3.63, 3.8) is 0 Å². The molecule has 182 valence electrons. The van der Waals surface area contributed by atoms with Crippen LogP contribution in [0.4, 0.5) is 11.4 Å². The highest BCUT2D eigenvalue weighted by molar-refractivity contribution is 6.26. The molecule has 4 heteroatoms. The number of fused-ring (bicyclic) bond motifs is 9. The summed E-state index contributed by atoms with van der Waals surface area (Å²) < 4.78 is 11.4. The van der Waals surface area contributed by atoms with E-state index in [9.17, 15) is 0 Å². The lowest BCUT2D eigenvalue weighted by molar-refractivity contribution is 0.672. The van der Waals surface area contributed by atoms with Crippen LogP contribution < -0.4 is 4.58 Å². The van der Waals surface area contributed by atoms with Crippen LogP contribution in [0, 0.1) is 0 Å². The van der Waals surface area contributed by atoms with Gasteiger partial charge in [0.05, 0.1) is 10.9 Å². The summed E-state index contributed by atoms with van der Waals surface area (Å²) in [4.78, 5) is 4.34. The van der Waals surface area contributed by atoms with Crippen LogP contribution in [-0.4, -0.2) is 15.3 Å². The van der Waals surface area contributed by atoms with Gasteiger partial charge in [-0.2, -0.15) is 4.58 Å². The molecule has 1 atom stereocenters. The van der Waals surface area contributed by atoms with E-state index in [-0.39, 0.29) is 6.04 Å². The van der Waals surface area contributed by atoms with Gasteiger partial charge in [0.25, 0.3) is 0 Å². The molecule has 1 unspecified atom stereocenters. The fraction of sp³-hybridized carbons (Fsp3) is 0.0286. The van der Waals surface area contributed by atoms with E-state index >= 15 is 0 Å². The summed E-state index contributed by atoms with van der Waals surface area (Å²) in [7, 11) is 0. The maximum atomic E-state index is 6.53. The van der Waals surface area contributed by atoms with E-state index in [1.54, 1.807) is 0 Å². The fourth-order valence-electron chi connectivity index (χ4n) is 6.55. The average Bonchev–Trinajstić information content (AvgIpc) is 3.55. The summed E-state index contributed by atoms with van der Waals surface area (Å²) in [5.74, 6) is 0. The Bertz CT molecular complexity index is 2230. The molecule has 7 aromatic rings. The number of hydrogen-bond acceptors (Lipinski definition) is 2. The first-order valence-electron chi connectivity index (χ1n) is 13.3. The molecule has 2 aliphatic rings. The lowest BCUT2D eigenvalue weighted by Gasteiger charge is -2.24. The molecule has 9 rings (SSSR count). The Morgan fingerprint density at radius 1 is 0.769 bits per heavy atom. The van der Waals surface area contributed by atoms with Crippen LogP contribution in [0.25, 0.3) is 54.9 Å². The molecule has 3 aromatic heterocycles. The number of furan rings is 1. The van der Waals surface area contributed by atoms with Gasteiger partial charge in [-0.1, -0.05) is 66.8 Å². The lowest BCUT2D eigenvalue weighted by Crippen LogP contribution is -2.30. The number of allylic oxidation sites excluding steroid dienone is 4. The van der Waals surface area contributed by atoms with Crippen molar-refractivity contribution in [2.45, 2.75) is 6.04 Å². The second kappa shape index (κ2) is 7.65. The topological polar surface area (TPSA) is 34.0 Å². The Morgan fingerprint density at radius 3 is 2.62 bits per heavy atom. The van der Waals surface area contributed by atoms with E-state index in [0.29, 0.717) is 0 Å². The van der Waals surface area contributed by atoms with Crippen molar-refractivity contribution < 1.29 is 4.42 Å². The van der Waals surface area contributed by atoms with Gasteiger partial charge < -0.3 is 8.98 Å². The molecule has 0 bridgehead atoms. The zero-order valence-electron chi connectivity index (χ0n) is 21.0. The smallest absolute Gasteiger partial charge is 0.235 e. The van der Waals surface area contributed by atoms with Crippen molar-refractivity contribution >= 4 is 60.8 Å². The maximum Gasteiger partial charge on any atom is 0.235 e. The minimum absolute atomic E-state index is 0.0637. The zero-order valence-corrected chi connectivity index (χ0v) is 21.0. The Balaban J connectivity index is 1.39. The Morgan fingerprint density at radius 2 is 1.67 bits per heavy atom. The van der Waals surface area contributed by atoms with Crippen LogP contribution in [-0.2, 0) is 0 Å². The van der Waals surface area contributed by atoms with Gasteiger partial charge in [0, 0.05) is 58.4 Å². The first kappa shape index (κ1) is 20.8. The number of aromatic nitrogens is 2. The largest absolute Gasteiger partial charge is 0.455 e. The highest BCUT2D eigenvalue weighted by Crippen LogP contribution is 2.46. The summed E-state index contributed by atoms with van der Waals surface area (Å²) in [6, 6.07) is 32.4. The highest BCUT2D eigenvalue weighted by atomic mass is 16.3. The molecule has 0 saturated carbocycles. The van der Waals surface area contributed by atoms with Gasteiger partial charge in [-0.05, 0) is 29.8 Å². The molecular weight excluding hydrogens is 478 g/mol.